The highest BCUT2D eigenvalue weighted by Gasteiger charge is 2.26. The standard InChI is InChI=1S/C13H19ClN4/c14-12-10-16-4-2-13(12)18-7-5-17(6-8-18)11-1-3-15-9-11/h2,4,10-11,15H,1,3,5-9H2. The summed E-state index contributed by atoms with van der Waals surface area (Å²) in [6, 6.07) is 2.75. The number of piperazine rings is 1. The van der Waals surface area contributed by atoms with Crippen molar-refractivity contribution in [1.82, 2.24) is 15.2 Å². The third-order valence-corrected chi connectivity index (χ3v) is 4.25. The number of rotatable bonds is 2. The van der Waals surface area contributed by atoms with Crippen LogP contribution in [0.25, 0.3) is 0 Å². The van der Waals surface area contributed by atoms with E-state index in [-0.39, 0.29) is 0 Å². The van der Waals surface area contributed by atoms with Crippen LogP contribution >= 0.6 is 11.6 Å². The lowest BCUT2D eigenvalue weighted by molar-refractivity contribution is 0.196. The summed E-state index contributed by atoms with van der Waals surface area (Å²) in [5, 5.41) is 4.19. The molecule has 0 saturated carbocycles. The maximum atomic E-state index is 6.19. The van der Waals surface area contributed by atoms with Gasteiger partial charge in [0.1, 0.15) is 0 Å². The van der Waals surface area contributed by atoms with Gasteiger partial charge in [0.25, 0.3) is 0 Å². The third-order valence-electron chi connectivity index (χ3n) is 3.96. The van der Waals surface area contributed by atoms with Crippen molar-refractivity contribution >= 4 is 17.3 Å². The quantitative estimate of drug-likeness (QED) is 0.872. The van der Waals surface area contributed by atoms with Gasteiger partial charge in [-0.1, -0.05) is 11.6 Å². The van der Waals surface area contributed by atoms with Crippen molar-refractivity contribution in [3.05, 3.63) is 23.5 Å². The topological polar surface area (TPSA) is 31.4 Å². The molecule has 1 unspecified atom stereocenters. The van der Waals surface area contributed by atoms with E-state index in [9.17, 15) is 0 Å². The van der Waals surface area contributed by atoms with Crippen LogP contribution in [0.2, 0.25) is 5.02 Å². The van der Waals surface area contributed by atoms with E-state index < -0.39 is 0 Å². The van der Waals surface area contributed by atoms with Gasteiger partial charge < -0.3 is 10.2 Å². The Bertz CT molecular complexity index is 398. The van der Waals surface area contributed by atoms with Crippen molar-refractivity contribution in [2.75, 3.05) is 44.2 Å². The Kier molecular flexibility index (Phi) is 3.68. The van der Waals surface area contributed by atoms with Gasteiger partial charge in [-0.2, -0.15) is 0 Å². The second-order valence-corrected chi connectivity index (χ2v) is 5.40. The number of hydrogen-bond acceptors (Lipinski definition) is 4. The molecule has 0 amide bonds. The summed E-state index contributed by atoms with van der Waals surface area (Å²) in [7, 11) is 0. The van der Waals surface area contributed by atoms with Crippen molar-refractivity contribution in [3.63, 3.8) is 0 Å². The lowest BCUT2D eigenvalue weighted by atomic mass is 10.2. The van der Waals surface area contributed by atoms with Crippen LogP contribution in [0.5, 0.6) is 0 Å². The second-order valence-electron chi connectivity index (χ2n) is 5.00. The Morgan fingerprint density at radius 1 is 1.28 bits per heavy atom. The zero-order valence-corrected chi connectivity index (χ0v) is 11.2. The fourth-order valence-corrected chi connectivity index (χ4v) is 3.14. The number of pyridine rings is 1. The molecule has 1 atom stereocenters. The molecule has 0 bridgehead atoms. The first kappa shape index (κ1) is 12.2. The highest BCUT2D eigenvalue weighted by Crippen LogP contribution is 2.25. The smallest absolute Gasteiger partial charge is 0.0822 e. The molecule has 3 heterocycles. The Morgan fingerprint density at radius 3 is 2.78 bits per heavy atom. The molecule has 2 aliphatic heterocycles. The highest BCUT2D eigenvalue weighted by atomic mass is 35.5. The van der Waals surface area contributed by atoms with Crippen LogP contribution in [0.4, 0.5) is 5.69 Å². The minimum Gasteiger partial charge on any atom is -0.368 e. The van der Waals surface area contributed by atoms with E-state index in [0.29, 0.717) is 0 Å². The molecule has 3 rings (SSSR count). The highest BCUT2D eigenvalue weighted by molar-refractivity contribution is 6.33. The molecule has 5 heteroatoms. The summed E-state index contributed by atoms with van der Waals surface area (Å²) in [5.41, 5.74) is 1.12. The fourth-order valence-electron chi connectivity index (χ4n) is 2.90. The van der Waals surface area contributed by atoms with Crippen LogP contribution in [0, 0.1) is 0 Å². The number of halogens is 1. The van der Waals surface area contributed by atoms with E-state index in [2.05, 4.69) is 20.1 Å². The molecule has 0 spiro atoms. The molecule has 2 saturated heterocycles. The molecule has 0 aromatic carbocycles. The van der Waals surface area contributed by atoms with Gasteiger partial charge in [0.05, 0.1) is 10.7 Å². The molecule has 1 N–H and O–H groups in total. The monoisotopic (exact) mass is 266 g/mol. The molecule has 2 fully saturated rings. The van der Waals surface area contributed by atoms with Crippen LogP contribution < -0.4 is 10.2 Å². The Morgan fingerprint density at radius 2 is 2.11 bits per heavy atom. The Labute approximate surface area is 113 Å². The van der Waals surface area contributed by atoms with E-state index in [1.165, 1.54) is 13.0 Å². The van der Waals surface area contributed by atoms with Gasteiger partial charge in [-0.05, 0) is 19.0 Å². The zero-order valence-electron chi connectivity index (χ0n) is 10.5. The first-order valence-electron chi connectivity index (χ1n) is 6.64. The van der Waals surface area contributed by atoms with Gasteiger partial charge in [0.15, 0.2) is 0 Å². The SMILES string of the molecule is Clc1cnccc1N1CCN(C2CCNC2)CC1. The number of nitrogens with one attached hydrogen (secondary N) is 1. The molecule has 0 aliphatic carbocycles. The van der Waals surface area contributed by atoms with Gasteiger partial charge in [0, 0.05) is 51.2 Å². The van der Waals surface area contributed by atoms with E-state index in [1.807, 2.05) is 12.3 Å². The number of nitrogens with zero attached hydrogens (tertiary/aromatic N) is 3. The zero-order chi connectivity index (χ0) is 12.4. The average molecular weight is 267 g/mol. The fraction of sp³-hybridized carbons (Fsp3) is 0.615. The predicted molar refractivity (Wildman–Crippen MR) is 74.3 cm³/mol. The van der Waals surface area contributed by atoms with Gasteiger partial charge >= 0.3 is 0 Å². The van der Waals surface area contributed by atoms with Gasteiger partial charge in [-0.3, -0.25) is 9.88 Å². The maximum Gasteiger partial charge on any atom is 0.0822 e. The van der Waals surface area contributed by atoms with E-state index in [0.717, 1.165) is 49.5 Å². The summed E-state index contributed by atoms with van der Waals surface area (Å²) in [6.45, 7) is 6.69. The van der Waals surface area contributed by atoms with E-state index in [1.54, 1.807) is 6.20 Å². The Hall–Kier alpha value is -0.840. The predicted octanol–water partition coefficient (Wildman–Crippen LogP) is 1.22. The Balaban J connectivity index is 1.61. The number of aromatic nitrogens is 1. The molecule has 1 aromatic heterocycles. The van der Waals surface area contributed by atoms with Gasteiger partial charge in [-0.15, -0.1) is 0 Å². The molecule has 0 radical (unpaired) electrons. The molecular weight excluding hydrogens is 248 g/mol. The molecule has 2 aliphatic rings. The first-order chi connectivity index (χ1) is 8.84. The van der Waals surface area contributed by atoms with Gasteiger partial charge in [0.2, 0.25) is 0 Å². The second kappa shape index (κ2) is 5.43. The molecule has 98 valence electrons. The van der Waals surface area contributed by atoms with Crippen LogP contribution in [-0.2, 0) is 0 Å². The molecule has 18 heavy (non-hydrogen) atoms. The third kappa shape index (κ3) is 2.46. The minimum atomic E-state index is 0.736. The van der Waals surface area contributed by atoms with Gasteiger partial charge in [-0.25, -0.2) is 0 Å². The van der Waals surface area contributed by atoms with Crippen molar-refractivity contribution in [1.29, 1.82) is 0 Å². The molecular formula is C13H19ClN4. The largest absolute Gasteiger partial charge is 0.368 e. The van der Waals surface area contributed by atoms with Crippen LogP contribution in [0.3, 0.4) is 0 Å². The lowest BCUT2D eigenvalue weighted by Gasteiger charge is -2.39. The van der Waals surface area contributed by atoms with Crippen molar-refractivity contribution in [2.24, 2.45) is 0 Å². The summed E-state index contributed by atoms with van der Waals surface area (Å²) in [6.07, 6.45) is 4.83. The summed E-state index contributed by atoms with van der Waals surface area (Å²) < 4.78 is 0. The summed E-state index contributed by atoms with van der Waals surface area (Å²) >= 11 is 6.19. The molecule has 1 aromatic rings. The normalized spacial score (nSPS) is 25.6. The maximum absolute atomic E-state index is 6.19. The van der Waals surface area contributed by atoms with Crippen LogP contribution in [0.15, 0.2) is 18.5 Å². The van der Waals surface area contributed by atoms with Crippen LogP contribution in [0.1, 0.15) is 6.42 Å². The van der Waals surface area contributed by atoms with Crippen molar-refractivity contribution < 1.29 is 0 Å². The van der Waals surface area contributed by atoms with E-state index in [4.69, 9.17) is 11.6 Å². The average Bonchev–Trinajstić information content (AvgIpc) is 2.94. The van der Waals surface area contributed by atoms with E-state index >= 15 is 0 Å². The summed E-state index contributed by atoms with van der Waals surface area (Å²) in [5.74, 6) is 0. The lowest BCUT2D eigenvalue weighted by Crippen LogP contribution is -2.51. The van der Waals surface area contributed by atoms with Crippen molar-refractivity contribution in [2.45, 2.75) is 12.5 Å². The first-order valence-corrected chi connectivity index (χ1v) is 7.01. The molecule has 4 nitrogen and oxygen atoms in total. The number of anilines is 1. The minimum absolute atomic E-state index is 0.736. The van der Waals surface area contributed by atoms with Crippen LogP contribution in [-0.4, -0.2) is 55.2 Å². The number of hydrogen-bond donors (Lipinski definition) is 1. The summed E-state index contributed by atoms with van der Waals surface area (Å²) in [4.78, 5) is 9.01. The van der Waals surface area contributed by atoms with Crippen molar-refractivity contribution in [3.8, 4) is 0 Å².